The molecule has 0 saturated heterocycles. The first kappa shape index (κ1) is 15.0. The number of nitro groups is 1. The molecule has 1 heterocycles. The molecule has 112 valence electrons. The van der Waals surface area contributed by atoms with Crippen molar-refractivity contribution < 1.29 is 9.66 Å². The minimum atomic E-state index is -0.492. The minimum Gasteiger partial charge on any atom is -0.377 e. The van der Waals surface area contributed by atoms with Gasteiger partial charge in [0.15, 0.2) is 0 Å². The number of hydrogen-bond acceptors (Lipinski definition) is 5. The van der Waals surface area contributed by atoms with E-state index >= 15 is 0 Å². The first-order chi connectivity index (χ1) is 10.2. The van der Waals surface area contributed by atoms with Crippen LogP contribution in [0.25, 0.3) is 0 Å². The average molecular weight is 290 g/mol. The van der Waals surface area contributed by atoms with Crippen LogP contribution in [0.5, 0.6) is 0 Å². The summed E-state index contributed by atoms with van der Waals surface area (Å²) in [6, 6.07) is 9.94. The van der Waals surface area contributed by atoms with E-state index in [1.54, 1.807) is 11.6 Å². The molecule has 0 saturated carbocycles. The number of ether oxygens (including phenoxy) is 1. The molecule has 7 nitrogen and oxygen atoms in total. The van der Waals surface area contributed by atoms with E-state index in [0.717, 1.165) is 12.0 Å². The van der Waals surface area contributed by atoms with Crippen LogP contribution in [0.4, 0.5) is 11.6 Å². The SMILES string of the molecule is Cn1cnc([N+](=O)[O-])c1NCCCOCc1ccccc1. The normalized spacial score (nSPS) is 10.5. The van der Waals surface area contributed by atoms with Crippen LogP contribution in [0.1, 0.15) is 12.0 Å². The molecule has 21 heavy (non-hydrogen) atoms. The van der Waals surface area contributed by atoms with E-state index in [9.17, 15) is 10.1 Å². The Kier molecular flexibility index (Phi) is 5.28. The summed E-state index contributed by atoms with van der Waals surface area (Å²) >= 11 is 0. The van der Waals surface area contributed by atoms with Crippen molar-refractivity contribution in [3.8, 4) is 0 Å². The highest BCUT2D eigenvalue weighted by atomic mass is 16.6. The van der Waals surface area contributed by atoms with Gasteiger partial charge >= 0.3 is 5.82 Å². The number of aryl methyl sites for hydroxylation is 1. The van der Waals surface area contributed by atoms with Gasteiger partial charge in [0.25, 0.3) is 0 Å². The zero-order valence-corrected chi connectivity index (χ0v) is 11.9. The molecule has 1 N–H and O–H groups in total. The van der Waals surface area contributed by atoms with Crippen LogP contribution >= 0.6 is 0 Å². The third-order valence-electron chi connectivity index (χ3n) is 2.96. The summed E-state index contributed by atoms with van der Waals surface area (Å²) in [6.45, 7) is 1.76. The first-order valence-electron chi connectivity index (χ1n) is 6.69. The van der Waals surface area contributed by atoms with Crippen LogP contribution in [-0.2, 0) is 18.4 Å². The quantitative estimate of drug-likeness (QED) is 0.458. The molecule has 0 unspecified atom stereocenters. The van der Waals surface area contributed by atoms with Crippen molar-refractivity contribution in [1.82, 2.24) is 9.55 Å². The van der Waals surface area contributed by atoms with Crippen molar-refractivity contribution in [1.29, 1.82) is 0 Å². The molecule has 0 atom stereocenters. The van der Waals surface area contributed by atoms with Gasteiger partial charge in [-0.15, -0.1) is 0 Å². The lowest BCUT2D eigenvalue weighted by Gasteiger charge is -2.07. The van der Waals surface area contributed by atoms with E-state index in [-0.39, 0.29) is 5.82 Å². The molecule has 2 aromatic rings. The monoisotopic (exact) mass is 290 g/mol. The van der Waals surface area contributed by atoms with E-state index in [4.69, 9.17) is 4.74 Å². The molecule has 1 aromatic carbocycles. The first-order valence-corrected chi connectivity index (χ1v) is 6.69. The Bertz CT molecular complexity index is 583. The molecule has 0 radical (unpaired) electrons. The highest BCUT2D eigenvalue weighted by molar-refractivity contribution is 5.51. The molecule has 0 aliphatic heterocycles. The molecule has 0 aliphatic rings. The third kappa shape index (κ3) is 4.28. The zero-order chi connectivity index (χ0) is 15.1. The molecule has 0 bridgehead atoms. The van der Waals surface area contributed by atoms with Gasteiger partial charge in [-0.3, -0.25) is 4.57 Å². The van der Waals surface area contributed by atoms with E-state index in [1.165, 1.54) is 6.33 Å². The zero-order valence-electron chi connectivity index (χ0n) is 11.9. The summed E-state index contributed by atoms with van der Waals surface area (Å²) < 4.78 is 7.15. The van der Waals surface area contributed by atoms with Gasteiger partial charge in [-0.05, 0) is 21.9 Å². The molecule has 0 aliphatic carbocycles. The Labute approximate surface area is 122 Å². The van der Waals surface area contributed by atoms with Crippen molar-refractivity contribution in [2.24, 2.45) is 7.05 Å². The van der Waals surface area contributed by atoms with Crippen LogP contribution in [0, 0.1) is 10.1 Å². The fourth-order valence-corrected chi connectivity index (χ4v) is 1.90. The van der Waals surface area contributed by atoms with Crippen molar-refractivity contribution in [3.63, 3.8) is 0 Å². The number of benzene rings is 1. The molecular formula is C14H18N4O3. The maximum atomic E-state index is 10.8. The van der Waals surface area contributed by atoms with Crippen LogP contribution < -0.4 is 5.32 Å². The van der Waals surface area contributed by atoms with Crippen molar-refractivity contribution in [2.75, 3.05) is 18.5 Å². The second kappa shape index (κ2) is 7.39. The Morgan fingerprint density at radius 1 is 1.38 bits per heavy atom. The topological polar surface area (TPSA) is 82.2 Å². The standard InChI is InChI=1S/C14H18N4O3/c1-17-11-16-14(18(19)20)13(17)15-8-5-9-21-10-12-6-3-2-4-7-12/h2-4,6-7,11,15H,5,8-10H2,1H3. The molecule has 1 aromatic heterocycles. The number of nitrogens with one attached hydrogen (secondary N) is 1. The Morgan fingerprint density at radius 3 is 2.86 bits per heavy atom. The number of nitrogens with zero attached hydrogens (tertiary/aromatic N) is 3. The van der Waals surface area contributed by atoms with Gasteiger partial charge in [0.05, 0.1) is 6.61 Å². The summed E-state index contributed by atoms with van der Waals surface area (Å²) in [7, 11) is 1.72. The van der Waals surface area contributed by atoms with E-state index in [2.05, 4.69) is 10.3 Å². The van der Waals surface area contributed by atoms with Crippen LogP contribution in [-0.4, -0.2) is 27.6 Å². The van der Waals surface area contributed by atoms with Crippen molar-refractivity contribution in [3.05, 3.63) is 52.3 Å². The van der Waals surface area contributed by atoms with E-state index in [0.29, 0.717) is 25.6 Å². The van der Waals surface area contributed by atoms with E-state index in [1.807, 2.05) is 30.3 Å². The average Bonchev–Trinajstić information content (AvgIpc) is 2.85. The Morgan fingerprint density at radius 2 is 2.14 bits per heavy atom. The largest absolute Gasteiger partial charge is 0.406 e. The number of hydrogen-bond donors (Lipinski definition) is 1. The van der Waals surface area contributed by atoms with Gasteiger partial charge in [-0.1, -0.05) is 30.3 Å². The molecule has 0 fully saturated rings. The maximum absolute atomic E-state index is 10.8. The second-order valence-electron chi connectivity index (χ2n) is 4.60. The molecule has 2 rings (SSSR count). The second-order valence-corrected chi connectivity index (χ2v) is 4.60. The van der Waals surface area contributed by atoms with Crippen LogP contribution in [0.2, 0.25) is 0 Å². The fourth-order valence-electron chi connectivity index (χ4n) is 1.90. The maximum Gasteiger partial charge on any atom is 0.406 e. The lowest BCUT2D eigenvalue weighted by molar-refractivity contribution is -0.388. The number of anilines is 1. The van der Waals surface area contributed by atoms with Crippen molar-refractivity contribution >= 4 is 11.6 Å². The van der Waals surface area contributed by atoms with Gasteiger partial charge in [-0.2, -0.15) is 0 Å². The van der Waals surface area contributed by atoms with Gasteiger partial charge in [0, 0.05) is 20.2 Å². The summed E-state index contributed by atoms with van der Waals surface area (Å²) in [5, 5.41) is 13.8. The molecular weight excluding hydrogens is 272 g/mol. The Hall–Kier alpha value is -2.41. The summed E-state index contributed by atoms with van der Waals surface area (Å²) in [4.78, 5) is 14.0. The number of rotatable bonds is 8. The predicted octanol–water partition coefficient (Wildman–Crippen LogP) is 2.35. The van der Waals surface area contributed by atoms with Gasteiger partial charge in [0.2, 0.25) is 12.1 Å². The third-order valence-corrected chi connectivity index (χ3v) is 2.96. The molecule has 0 spiro atoms. The van der Waals surface area contributed by atoms with Gasteiger partial charge < -0.3 is 20.2 Å². The predicted molar refractivity (Wildman–Crippen MR) is 79.1 cm³/mol. The highest BCUT2D eigenvalue weighted by Crippen LogP contribution is 2.20. The Balaban J connectivity index is 1.68. The fraction of sp³-hybridized carbons (Fsp3) is 0.357. The van der Waals surface area contributed by atoms with Gasteiger partial charge in [-0.25, -0.2) is 0 Å². The lowest BCUT2D eigenvalue weighted by Crippen LogP contribution is -2.09. The number of imidazole rings is 1. The number of aromatic nitrogens is 2. The lowest BCUT2D eigenvalue weighted by atomic mass is 10.2. The van der Waals surface area contributed by atoms with Crippen LogP contribution in [0.15, 0.2) is 36.7 Å². The minimum absolute atomic E-state index is 0.150. The van der Waals surface area contributed by atoms with E-state index < -0.39 is 4.92 Å². The molecule has 7 heteroatoms. The summed E-state index contributed by atoms with van der Waals surface area (Å²) in [5.74, 6) is 0.269. The highest BCUT2D eigenvalue weighted by Gasteiger charge is 2.18. The summed E-state index contributed by atoms with van der Waals surface area (Å²) in [6.07, 6.45) is 2.18. The summed E-state index contributed by atoms with van der Waals surface area (Å²) in [5.41, 5.74) is 1.13. The van der Waals surface area contributed by atoms with Crippen molar-refractivity contribution in [2.45, 2.75) is 13.0 Å². The molecule has 0 amide bonds. The van der Waals surface area contributed by atoms with Gasteiger partial charge in [0.1, 0.15) is 0 Å². The smallest absolute Gasteiger partial charge is 0.377 e. The van der Waals surface area contributed by atoms with Crippen LogP contribution in [0.3, 0.4) is 0 Å².